The zero-order valence-electron chi connectivity index (χ0n) is 13.9. The third kappa shape index (κ3) is 4.05. The Labute approximate surface area is 147 Å². The quantitative estimate of drug-likeness (QED) is 0.813. The Hall–Kier alpha value is -3.23. The van der Waals surface area contributed by atoms with Crippen LogP contribution in [0.25, 0.3) is 0 Å². The van der Waals surface area contributed by atoms with Gasteiger partial charge in [-0.15, -0.1) is 0 Å². The number of aromatic nitrogens is 1. The number of anilines is 2. The van der Waals surface area contributed by atoms with Crippen molar-refractivity contribution >= 4 is 29.3 Å². The number of amides is 2. The van der Waals surface area contributed by atoms with E-state index in [0.29, 0.717) is 11.4 Å². The number of hydrogen-bond donors (Lipinski definition) is 1. The van der Waals surface area contributed by atoms with Gasteiger partial charge in [0.2, 0.25) is 5.91 Å². The molecule has 1 N–H and O–H groups in total. The summed E-state index contributed by atoms with van der Waals surface area (Å²) in [4.78, 5) is 37.3. The third-order valence-electron chi connectivity index (χ3n) is 3.84. The molecule has 1 atom stereocenters. The van der Waals surface area contributed by atoms with Crippen molar-refractivity contribution in [2.24, 2.45) is 5.92 Å². The summed E-state index contributed by atoms with van der Waals surface area (Å²) in [6.45, 7) is 1.30. The molecule has 1 aromatic carbocycles. The fourth-order valence-electron chi connectivity index (χ4n) is 2.59. The number of benzene rings is 1. The summed E-state index contributed by atoms with van der Waals surface area (Å²) >= 11 is 0. The first-order valence-corrected chi connectivity index (χ1v) is 7.88. The molecule has 1 aliphatic heterocycles. The van der Waals surface area contributed by atoms with Gasteiger partial charge in [-0.3, -0.25) is 14.4 Å². The van der Waals surface area contributed by atoms with E-state index in [1.165, 1.54) is 35.2 Å². The molecule has 2 aromatic rings. The van der Waals surface area contributed by atoms with Gasteiger partial charge in [-0.1, -0.05) is 5.16 Å². The van der Waals surface area contributed by atoms with E-state index >= 15 is 0 Å². The molecule has 0 radical (unpaired) electrons. The number of rotatable bonds is 5. The fourth-order valence-corrected chi connectivity index (χ4v) is 2.59. The second kappa shape index (κ2) is 7.34. The van der Waals surface area contributed by atoms with Gasteiger partial charge < -0.3 is 19.5 Å². The first kappa shape index (κ1) is 17.6. The summed E-state index contributed by atoms with van der Waals surface area (Å²) in [7, 11) is 0. The fraction of sp³-hybridized carbons (Fsp3) is 0.294. The van der Waals surface area contributed by atoms with Crippen LogP contribution < -0.4 is 10.2 Å². The maximum Gasteiger partial charge on any atom is 0.311 e. The number of halogens is 1. The van der Waals surface area contributed by atoms with Crippen molar-refractivity contribution in [3.05, 3.63) is 41.9 Å². The summed E-state index contributed by atoms with van der Waals surface area (Å²) < 4.78 is 22.8. The normalized spacial score (nSPS) is 16.6. The molecule has 9 heteroatoms. The number of hydrogen-bond acceptors (Lipinski definition) is 6. The van der Waals surface area contributed by atoms with Gasteiger partial charge in [-0.05, 0) is 31.2 Å². The summed E-state index contributed by atoms with van der Waals surface area (Å²) in [5, 5.41) is 6.02. The SMILES string of the molecule is Cc1cc(NC(=O)COC(=O)[C@@H]2CC(=O)N(c3ccc(F)cc3)C2)no1. The molecule has 0 unspecified atom stereocenters. The molecule has 26 heavy (non-hydrogen) atoms. The van der Waals surface area contributed by atoms with Gasteiger partial charge in [0, 0.05) is 24.7 Å². The van der Waals surface area contributed by atoms with E-state index in [9.17, 15) is 18.8 Å². The lowest BCUT2D eigenvalue weighted by Crippen LogP contribution is -2.28. The zero-order chi connectivity index (χ0) is 18.7. The molecule has 2 amide bonds. The van der Waals surface area contributed by atoms with Gasteiger partial charge in [0.25, 0.3) is 5.91 Å². The van der Waals surface area contributed by atoms with E-state index in [1.807, 2.05) is 0 Å². The summed E-state index contributed by atoms with van der Waals surface area (Å²) in [5.74, 6) is -1.81. The minimum Gasteiger partial charge on any atom is -0.455 e. The van der Waals surface area contributed by atoms with Crippen molar-refractivity contribution in [2.75, 3.05) is 23.4 Å². The zero-order valence-corrected chi connectivity index (χ0v) is 13.9. The topological polar surface area (TPSA) is 102 Å². The average Bonchev–Trinajstić information content (AvgIpc) is 3.19. The molecule has 1 saturated heterocycles. The maximum atomic E-state index is 13.0. The molecule has 136 valence electrons. The van der Waals surface area contributed by atoms with Crippen molar-refractivity contribution in [3.63, 3.8) is 0 Å². The van der Waals surface area contributed by atoms with Gasteiger partial charge in [0.1, 0.15) is 11.6 Å². The minimum absolute atomic E-state index is 0.0275. The number of ether oxygens (including phenoxy) is 1. The van der Waals surface area contributed by atoms with Crippen molar-refractivity contribution in [1.82, 2.24) is 5.16 Å². The van der Waals surface area contributed by atoms with Gasteiger partial charge >= 0.3 is 5.97 Å². The largest absolute Gasteiger partial charge is 0.455 e. The predicted molar refractivity (Wildman–Crippen MR) is 87.7 cm³/mol. The molecule has 0 aliphatic carbocycles. The van der Waals surface area contributed by atoms with Crippen LogP contribution in [0.2, 0.25) is 0 Å². The van der Waals surface area contributed by atoms with Crippen molar-refractivity contribution < 1.29 is 28.0 Å². The van der Waals surface area contributed by atoms with E-state index in [2.05, 4.69) is 10.5 Å². The van der Waals surface area contributed by atoms with E-state index in [4.69, 9.17) is 9.26 Å². The Morgan fingerprint density at radius 3 is 2.77 bits per heavy atom. The van der Waals surface area contributed by atoms with E-state index < -0.39 is 30.2 Å². The van der Waals surface area contributed by atoms with Gasteiger partial charge in [0.05, 0.1) is 5.92 Å². The van der Waals surface area contributed by atoms with Crippen molar-refractivity contribution in [1.29, 1.82) is 0 Å². The lowest BCUT2D eigenvalue weighted by molar-refractivity contribution is -0.151. The summed E-state index contributed by atoms with van der Waals surface area (Å²) in [5.41, 5.74) is 0.505. The highest BCUT2D eigenvalue weighted by Gasteiger charge is 2.36. The van der Waals surface area contributed by atoms with E-state index in [-0.39, 0.29) is 24.7 Å². The Morgan fingerprint density at radius 2 is 2.12 bits per heavy atom. The van der Waals surface area contributed by atoms with Crippen LogP contribution in [0.1, 0.15) is 12.2 Å². The Morgan fingerprint density at radius 1 is 1.38 bits per heavy atom. The highest BCUT2D eigenvalue weighted by atomic mass is 19.1. The van der Waals surface area contributed by atoms with E-state index in [0.717, 1.165) is 0 Å². The van der Waals surface area contributed by atoms with Crippen LogP contribution in [0.15, 0.2) is 34.9 Å². The molecule has 0 spiro atoms. The molecule has 2 heterocycles. The molecule has 1 aliphatic rings. The van der Waals surface area contributed by atoms with Crippen molar-refractivity contribution in [2.45, 2.75) is 13.3 Å². The van der Waals surface area contributed by atoms with Crippen LogP contribution in [0.5, 0.6) is 0 Å². The molecule has 0 saturated carbocycles. The molecule has 3 rings (SSSR count). The lowest BCUT2D eigenvalue weighted by Gasteiger charge is -2.16. The first-order chi connectivity index (χ1) is 12.4. The number of aryl methyl sites for hydroxylation is 1. The summed E-state index contributed by atoms with van der Waals surface area (Å²) in [6.07, 6.45) is -0.0275. The Bertz CT molecular complexity index is 833. The monoisotopic (exact) mass is 361 g/mol. The number of carbonyl (C=O) groups excluding carboxylic acids is 3. The van der Waals surface area contributed by atoms with Crippen molar-refractivity contribution in [3.8, 4) is 0 Å². The number of nitrogens with zero attached hydrogens (tertiary/aromatic N) is 2. The molecular weight excluding hydrogens is 345 g/mol. The Balaban J connectivity index is 1.51. The highest BCUT2D eigenvalue weighted by molar-refractivity contribution is 6.00. The summed E-state index contributed by atoms with van der Waals surface area (Å²) in [6, 6.07) is 6.94. The predicted octanol–water partition coefficient (Wildman–Crippen LogP) is 1.66. The molecular formula is C17H16FN3O5. The molecule has 1 aromatic heterocycles. The van der Waals surface area contributed by atoms with E-state index in [1.54, 1.807) is 6.92 Å². The number of nitrogens with one attached hydrogen (secondary N) is 1. The highest BCUT2D eigenvalue weighted by Crippen LogP contribution is 2.26. The van der Waals surface area contributed by atoms with Crippen LogP contribution in [-0.4, -0.2) is 36.1 Å². The number of carbonyl (C=O) groups is 3. The number of esters is 1. The second-order valence-electron chi connectivity index (χ2n) is 5.86. The standard InChI is InChI=1S/C17H16FN3O5/c1-10-6-14(20-26-10)19-15(22)9-25-17(24)11-7-16(23)21(8-11)13-4-2-12(18)3-5-13/h2-6,11H,7-9H2,1H3,(H,19,20,22)/t11-/m1/s1. The molecule has 1 fully saturated rings. The Kier molecular flexibility index (Phi) is 4.97. The maximum absolute atomic E-state index is 13.0. The lowest BCUT2D eigenvalue weighted by atomic mass is 10.1. The van der Waals surface area contributed by atoms with Crippen LogP contribution in [0.4, 0.5) is 15.9 Å². The molecule has 8 nitrogen and oxygen atoms in total. The smallest absolute Gasteiger partial charge is 0.311 e. The van der Waals surface area contributed by atoms with Crippen LogP contribution in [0, 0.1) is 18.7 Å². The van der Waals surface area contributed by atoms with Gasteiger partial charge in [-0.25, -0.2) is 4.39 Å². The first-order valence-electron chi connectivity index (χ1n) is 7.88. The second-order valence-corrected chi connectivity index (χ2v) is 5.86. The average molecular weight is 361 g/mol. The minimum atomic E-state index is -0.686. The third-order valence-corrected chi connectivity index (χ3v) is 3.84. The molecule has 0 bridgehead atoms. The van der Waals surface area contributed by atoms with Gasteiger partial charge in [-0.2, -0.15) is 0 Å². The van der Waals surface area contributed by atoms with Crippen LogP contribution in [0.3, 0.4) is 0 Å². The van der Waals surface area contributed by atoms with Gasteiger partial charge in [0.15, 0.2) is 12.4 Å². The van der Waals surface area contributed by atoms with Crippen LogP contribution >= 0.6 is 0 Å². The van der Waals surface area contributed by atoms with Crippen LogP contribution in [-0.2, 0) is 19.1 Å².